The van der Waals surface area contributed by atoms with E-state index >= 15 is 0 Å². The van der Waals surface area contributed by atoms with Crippen molar-refractivity contribution in [3.63, 3.8) is 0 Å². The average molecular weight is 392 g/mol. The van der Waals surface area contributed by atoms with Crippen molar-refractivity contribution in [3.05, 3.63) is 30.4 Å². The smallest absolute Gasteiger partial charge is 0.245 e. The third kappa shape index (κ3) is 2.46. The topological polar surface area (TPSA) is 103 Å². The van der Waals surface area contributed by atoms with Crippen LogP contribution < -0.4 is 0 Å². The molecule has 0 bridgehead atoms. The number of rotatable bonds is 4. The Morgan fingerprint density at radius 2 is 2.12 bits per heavy atom. The summed E-state index contributed by atoms with van der Waals surface area (Å²) in [5, 5.41) is 8.18. The Kier molecular flexibility index (Phi) is 3.78. The average Bonchev–Trinajstić information content (AvgIpc) is 3.33. The van der Waals surface area contributed by atoms with E-state index in [9.17, 15) is 8.42 Å². The Hall–Kier alpha value is -1.95. The van der Waals surface area contributed by atoms with Gasteiger partial charge in [0, 0.05) is 19.7 Å². The highest BCUT2D eigenvalue weighted by Gasteiger charge is 2.40. The molecule has 0 radical (unpaired) electrons. The molecule has 1 aromatic carbocycles. The number of fused-ring (bicyclic) bond motifs is 1. The summed E-state index contributed by atoms with van der Waals surface area (Å²) in [4.78, 5) is 0.213. The molecule has 0 aliphatic carbocycles. The lowest BCUT2D eigenvalue weighted by atomic mass is 10.1. The van der Waals surface area contributed by atoms with E-state index in [0.717, 1.165) is 37.0 Å². The predicted octanol–water partition coefficient (Wildman–Crippen LogP) is 1.38. The number of sulfonamides is 1. The van der Waals surface area contributed by atoms with Gasteiger partial charge in [0.05, 0.1) is 17.8 Å². The van der Waals surface area contributed by atoms with Crippen LogP contribution >= 0.6 is 11.7 Å². The molecular weight excluding hydrogens is 376 g/mol. The van der Waals surface area contributed by atoms with Crippen LogP contribution in [-0.4, -0.2) is 55.9 Å². The molecule has 2 aromatic heterocycles. The number of nitrogens with zero attached hydrogens (tertiary/aromatic N) is 6. The van der Waals surface area contributed by atoms with E-state index in [-0.39, 0.29) is 17.0 Å². The maximum Gasteiger partial charge on any atom is 0.245 e. The quantitative estimate of drug-likeness (QED) is 0.661. The van der Waals surface area contributed by atoms with Gasteiger partial charge in [-0.3, -0.25) is 0 Å². The Morgan fingerprint density at radius 1 is 1.23 bits per heavy atom. The van der Waals surface area contributed by atoms with Crippen molar-refractivity contribution in [2.24, 2.45) is 0 Å². The number of hydrogen-bond acceptors (Lipinski definition) is 8. The molecule has 3 aromatic rings. The highest BCUT2D eigenvalue weighted by molar-refractivity contribution is 7.89. The van der Waals surface area contributed by atoms with E-state index in [0.29, 0.717) is 24.1 Å². The summed E-state index contributed by atoms with van der Waals surface area (Å²) in [7, 11) is -3.60. The van der Waals surface area contributed by atoms with E-state index in [1.165, 1.54) is 4.31 Å². The Balaban J connectivity index is 1.38. The third-order valence-electron chi connectivity index (χ3n) is 4.91. The van der Waals surface area contributed by atoms with Gasteiger partial charge in [-0.1, -0.05) is 6.07 Å². The molecule has 0 saturated carbocycles. The molecule has 2 saturated heterocycles. The summed E-state index contributed by atoms with van der Waals surface area (Å²) in [6.45, 7) is 1.50. The lowest BCUT2D eigenvalue weighted by Crippen LogP contribution is -2.50. The van der Waals surface area contributed by atoms with E-state index in [1.54, 1.807) is 24.5 Å². The van der Waals surface area contributed by atoms with Crippen molar-refractivity contribution in [2.75, 3.05) is 19.7 Å². The molecule has 2 fully saturated rings. The first-order chi connectivity index (χ1) is 12.6. The van der Waals surface area contributed by atoms with Crippen LogP contribution in [0.5, 0.6) is 0 Å². The van der Waals surface area contributed by atoms with Gasteiger partial charge in [-0.05, 0) is 25.0 Å². The summed E-state index contributed by atoms with van der Waals surface area (Å²) in [6.07, 6.45) is 3.55. The molecule has 0 amide bonds. The van der Waals surface area contributed by atoms with Crippen molar-refractivity contribution in [1.82, 2.24) is 27.8 Å². The zero-order valence-electron chi connectivity index (χ0n) is 13.7. The monoisotopic (exact) mass is 392 g/mol. The lowest BCUT2D eigenvalue weighted by molar-refractivity contribution is 0.0944. The minimum absolute atomic E-state index is 0.0201. The van der Waals surface area contributed by atoms with Crippen molar-refractivity contribution in [1.29, 1.82) is 0 Å². The Bertz CT molecular complexity index is 1050. The molecule has 1 unspecified atom stereocenters. The molecule has 2 aliphatic rings. The van der Waals surface area contributed by atoms with E-state index in [4.69, 9.17) is 4.74 Å². The van der Waals surface area contributed by atoms with Gasteiger partial charge in [-0.2, -0.15) is 13.1 Å². The van der Waals surface area contributed by atoms with Gasteiger partial charge in [-0.25, -0.2) is 8.42 Å². The van der Waals surface area contributed by atoms with Gasteiger partial charge in [0.2, 0.25) is 10.0 Å². The van der Waals surface area contributed by atoms with Crippen molar-refractivity contribution < 1.29 is 13.2 Å². The molecule has 5 rings (SSSR count). The molecule has 1 atom stereocenters. The van der Waals surface area contributed by atoms with E-state index in [2.05, 4.69) is 18.9 Å². The molecule has 9 nitrogen and oxygen atoms in total. The van der Waals surface area contributed by atoms with Gasteiger partial charge < -0.3 is 9.30 Å². The van der Waals surface area contributed by atoms with Gasteiger partial charge in [0.1, 0.15) is 28.4 Å². The molecule has 11 heteroatoms. The fourth-order valence-electron chi connectivity index (χ4n) is 3.46. The molecule has 26 heavy (non-hydrogen) atoms. The second kappa shape index (κ2) is 6.05. The van der Waals surface area contributed by atoms with Crippen LogP contribution in [0.1, 0.15) is 30.8 Å². The second-order valence-corrected chi connectivity index (χ2v) is 8.90. The lowest BCUT2D eigenvalue weighted by Gasteiger charge is -2.39. The standard InChI is InChI=1S/C15H16N6O3S2/c22-26(23,13-5-1-3-11-14(13)19-25-18-11)20-7-10(8-20)21-9-16-17-15(21)12-4-2-6-24-12/h1,3,5,9-10,12H,2,4,6-8H2. The molecule has 0 spiro atoms. The Labute approximate surface area is 154 Å². The molecule has 4 heterocycles. The summed E-state index contributed by atoms with van der Waals surface area (Å²) in [6, 6.07) is 5.07. The summed E-state index contributed by atoms with van der Waals surface area (Å²) in [5.74, 6) is 0.787. The summed E-state index contributed by atoms with van der Waals surface area (Å²) in [5.41, 5.74) is 1.04. The van der Waals surface area contributed by atoms with Gasteiger partial charge in [0.15, 0.2) is 5.82 Å². The Morgan fingerprint density at radius 3 is 2.92 bits per heavy atom. The number of hydrogen-bond donors (Lipinski definition) is 0. The maximum absolute atomic E-state index is 13.0. The number of ether oxygens (including phenoxy) is 1. The SMILES string of the molecule is O=S(=O)(c1cccc2nsnc12)N1CC(n2cnnc2C2CCCO2)C1. The first-order valence-electron chi connectivity index (χ1n) is 8.37. The fraction of sp³-hybridized carbons (Fsp3) is 0.467. The van der Waals surface area contributed by atoms with Crippen LogP contribution in [0.25, 0.3) is 11.0 Å². The molecule has 0 N–H and O–H groups in total. The van der Waals surface area contributed by atoms with Crippen LogP contribution in [0.3, 0.4) is 0 Å². The minimum Gasteiger partial charge on any atom is -0.370 e. The van der Waals surface area contributed by atoms with Gasteiger partial charge in [-0.15, -0.1) is 10.2 Å². The van der Waals surface area contributed by atoms with Crippen LogP contribution in [0.15, 0.2) is 29.4 Å². The predicted molar refractivity (Wildman–Crippen MR) is 93.2 cm³/mol. The largest absolute Gasteiger partial charge is 0.370 e. The molecule has 136 valence electrons. The minimum atomic E-state index is -3.60. The number of benzene rings is 1. The summed E-state index contributed by atoms with van der Waals surface area (Å²) >= 11 is 1.02. The zero-order valence-corrected chi connectivity index (χ0v) is 15.4. The van der Waals surface area contributed by atoms with Gasteiger partial charge >= 0.3 is 0 Å². The van der Waals surface area contributed by atoms with Crippen molar-refractivity contribution in [3.8, 4) is 0 Å². The van der Waals surface area contributed by atoms with Crippen LogP contribution in [-0.2, 0) is 14.8 Å². The summed E-state index contributed by atoms with van der Waals surface area (Å²) < 4.78 is 43.3. The van der Waals surface area contributed by atoms with Crippen molar-refractivity contribution in [2.45, 2.75) is 29.9 Å². The first kappa shape index (κ1) is 16.2. The van der Waals surface area contributed by atoms with Crippen molar-refractivity contribution >= 4 is 32.8 Å². The van der Waals surface area contributed by atoms with E-state index < -0.39 is 10.0 Å². The first-order valence-corrected chi connectivity index (χ1v) is 10.5. The van der Waals surface area contributed by atoms with Crippen LogP contribution in [0.4, 0.5) is 0 Å². The maximum atomic E-state index is 13.0. The molecule has 2 aliphatic heterocycles. The second-order valence-electron chi connectivity index (χ2n) is 6.46. The normalized spacial score (nSPS) is 22.1. The third-order valence-corrected chi connectivity index (χ3v) is 7.31. The fourth-order valence-corrected chi connectivity index (χ4v) is 5.73. The highest BCUT2D eigenvalue weighted by Crippen LogP contribution is 2.34. The van der Waals surface area contributed by atoms with E-state index in [1.807, 2.05) is 4.57 Å². The highest BCUT2D eigenvalue weighted by atomic mass is 32.2. The zero-order chi connectivity index (χ0) is 17.7. The van der Waals surface area contributed by atoms with Crippen LogP contribution in [0, 0.1) is 0 Å². The molecular formula is C15H16N6O3S2. The number of aromatic nitrogens is 5. The van der Waals surface area contributed by atoms with Gasteiger partial charge in [0.25, 0.3) is 0 Å². The van der Waals surface area contributed by atoms with Crippen LogP contribution in [0.2, 0.25) is 0 Å².